The van der Waals surface area contributed by atoms with Gasteiger partial charge in [-0.2, -0.15) is 0 Å². The Morgan fingerprint density at radius 2 is 1.73 bits per heavy atom. The fourth-order valence-corrected chi connectivity index (χ4v) is 2.32. The number of hydrogen-bond acceptors (Lipinski definition) is 3. The van der Waals surface area contributed by atoms with Crippen LogP contribution in [-0.2, 0) is 5.41 Å². The molecule has 3 aromatic rings. The third-order valence-corrected chi connectivity index (χ3v) is 3.60. The van der Waals surface area contributed by atoms with Crippen molar-refractivity contribution in [3.05, 3.63) is 64.3 Å². The maximum Gasteiger partial charge on any atom is 0.350 e. The Labute approximate surface area is 127 Å². The second kappa shape index (κ2) is 5.05. The van der Waals surface area contributed by atoms with Gasteiger partial charge in [-0.25, -0.2) is 14.2 Å². The maximum absolute atomic E-state index is 13.7. The van der Waals surface area contributed by atoms with Gasteiger partial charge in [-0.3, -0.25) is 0 Å². The minimum Gasteiger partial charge on any atom is -0.403 e. The molecule has 0 bridgehead atoms. The minimum absolute atomic E-state index is 0.0410. The SMILES string of the molecule is CC(C)(C)c1ccc(-c2nc3cccc(F)c3c(=O)o2)cc1. The predicted octanol–water partition coefficient (Wildman–Crippen LogP) is 4.29. The van der Waals surface area contributed by atoms with Gasteiger partial charge in [-0.15, -0.1) is 0 Å². The molecule has 0 amide bonds. The molecule has 0 radical (unpaired) electrons. The van der Waals surface area contributed by atoms with Crippen molar-refractivity contribution in [3.8, 4) is 11.5 Å². The monoisotopic (exact) mass is 297 g/mol. The van der Waals surface area contributed by atoms with Gasteiger partial charge in [0, 0.05) is 5.56 Å². The minimum atomic E-state index is -0.710. The lowest BCUT2D eigenvalue weighted by Gasteiger charge is -2.18. The summed E-state index contributed by atoms with van der Waals surface area (Å²) in [5, 5.41) is -0.113. The topological polar surface area (TPSA) is 43.1 Å². The van der Waals surface area contributed by atoms with E-state index >= 15 is 0 Å². The number of aromatic nitrogens is 1. The number of halogens is 1. The summed E-state index contributed by atoms with van der Waals surface area (Å²) < 4.78 is 18.8. The molecule has 112 valence electrons. The molecular formula is C18H16FNO2. The molecule has 3 rings (SSSR count). The van der Waals surface area contributed by atoms with Gasteiger partial charge in [0.2, 0.25) is 5.89 Å². The second-order valence-corrected chi connectivity index (χ2v) is 6.27. The van der Waals surface area contributed by atoms with Gasteiger partial charge in [0.1, 0.15) is 11.2 Å². The van der Waals surface area contributed by atoms with Crippen LogP contribution >= 0.6 is 0 Å². The van der Waals surface area contributed by atoms with Crippen LogP contribution in [-0.4, -0.2) is 4.98 Å². The highest BCUT2D eigenvalue weighted by molar-refractivity contribution is 5.79. The van der Waals surface area contributed by atoms with Crippen molar-refractivity contribution in [2.45, 2.75) is 26.2 Å². The molecule has 0 saturated carbocycles. The van der Waals surface area contributed by atoms with Crippen LogP contribution in [0.5, 0.6) is 0 Å². The fourth-order valence-electron chi connectivity index (χ4n) is 2.32. The van der Waals surface area contributed by atoms with E-state index in [9.17, 15) is 9.18 Å². The lowest BCUT2D eigenvalue weighted by molar-refractivity contribution is 0.513. The van der Waals surface area contributed by atoms with E-state index in [1.54, 1.807) is 6.07 Å². The Morgan fingerprint density at radius 1 is 1.05 bits per heavy atom. The van der Waals surface area contributed by atoms with E-state index in [1.165, 1.54) is 17.7 Å². The van der Waals surface area contributed by atoms with Gasteiger partial charge in [0.15, 0.2) is 0 Å². The van der Waals surface area contributed by atoms with Crippen molar-refractivity contribution >= 4 is 10.9 Å². The Hall–Kier alpha value is -2.49. The molecule has 0 aliphatic rings. The summed E-state index contributed by atoms with van der Waals surface area (Å²) >= 11 is 0. The smallest absolute Gasteiger partial charge is 0.350 e. The summed E-state index contributed by atoms with van der Waals surface area (Å²) in [6.07, 6.45) is 0. The molecule has 2 aromatic carbocycles. The molecule has 1 aromatic heterocycles. The van der Waals surface area contributed by atoms with Crippen molar-refractivity contribution < 1.29 is 8.81 Å². The summed E-state index contributed by atoms with van der Waals surface area (Å²) in [5.74, 6) is -0.420. The molecule has 0 saturated heterocycles. The van der Waals surface area contributed by atoms with Gasteiger partial charge in [-0.05, 0) is 35.2 Å². The molecule has 0 unspecified atom stereocenters. The van der Waals surface area contributed by atoms with Crippen LogP contribution in [0.25, 0.3) is 22.4 Å². The average molecular weight is 297 g/mol. The lowest BCUT2D eigenvalue weighted by atomic mass is 9.87. The first kappa shape index (κ1) is 14.4. The number of rotatable bonds is 1. The highest BCUT2D eigenvalue weighted by atomic mass is 19.1. The average Bonchev–Trinajstić information content (AvgIpc) is 2.46. The Kier molecular flexibility index (Phi) is 3.32. The van der Waals surface area contributed by atoms with E-state index in [4.69, 9.17) is 4.42 Å². The van der Waals surface area contributed by atoms with Crippen LogP contribution in [0.4, 0.5) is 4.39 Å². The van der Waals surface area contributed by atoms with Crippen molar-refractivity contribution in [1.29, 1.82) is 0 Å². The molecular weight excluding hydrogens is 281 g/mol. The highest BCUT2D eigenvalue weighted by Gasteiger charge is 2.15. The maximum atomic E-state index is 13.7. The molecule has 0 fully saturated rings. The number of hydrogen-bond donors (Lipinski definition) is 0. The molecule has 0 spiro atoms. The third kappa shape index (κ3) is 2.52. The summed E-state index contributed by atoms with van der Waals surface area (Å²) in [4.78, 5) is 16.2. The van der Waals surface area contributed by atoms with Crippen LogP contribution in [0, 0.1) is 5.82 Å². The van der Waals surface area contributed by atoms with Gasteiger partial charge in [0.25, 0.3) is 0 Å². The van der Waals surface area contributed by atoms with Crippen LogP contribution in [0.1, 0.15) is 26.3 Å². The summed E-state index contributed by atoms with van der Waals surface area (Å²) in [5.41, 5.74) is 1.49. The van der Waals surface area contributed by atoms with Crippen LogP contribution in [0.3, 0.4) is 0 Å². The Balaban J connectivity index is 2.13. The number of nitrogens with zero attached hydrogens (tertiary/aromatic N) is 1. The highest BCUT2D eigenvalue weighted by Crippen LogP contribution is 2.25. The zero-order valence-electron chi connectivity index (χ0n) is 12.7. The van der Waals surface area contributed by atoms with Gasteiger partial charge < -0.3 is 4.42 Å². The van der Waals surface area contributed by atoms with E-state index in [1.807, 2.05) is 24.3 Å². The van der Waals surface area contributed by atoms with Crippen molar-refractivity contribution in [2.24, 2.45) is 0 Å². The largest absolute Gasteiger partial charge is 0.403 e. The van der Waals surface area contributed by atoms with E-state index < -0.39 is 11.4 Å². The Bertz CT molecular complexity index is 890. The van der Waals surface area contributed by atoms with E-state index in [2.05, 4.69) is 25.8 Å². The number of benzene rings is 2. The van der Waals surface area contributed by atoms with Crippen molar-refractivity contribution in [2.75, 3.05) is 0 Å². The molecule has 22 heavy (non-hydrogen) atoms. The summed E-state index contributed by atoms with van der Waals surface area (Å²) in [7, 11) is 0. The zero-order chi connectivity index (χ0) is 15.9. The zero-order valence-corrected chi connectivity index (χ0v) is 12.7. The fraction of sp³-hybridized carbons (Fsp3) is 0.222. The van der Waals surface area contributed by atoms with E-state index in [0.29, 0.717) is 11.1 Å². The molecule has 0 atom stereocenters. The molecule has 1 heterocycles. The quantitative estimate of drug-likeness (QED) is 0.673. The van der Waals surface area contributed by atoms with Gasteiger partial charge in [-0.1, -0.05) is 39.0 Å². The first-order valence-electron chi connectivity index (χ1n) is 7.06. The first-order valence-corrected chi connectivity index (χ1v) is 7.06. The summed E-state index contributed by atoms with van der Waals surface area (Å²) in [6.45, 7) is 6.37. The third-order valence-electron chi connectivity index (χ3n) is 3.60. The van der Waals surface area contributed by atoms with Gasteiger partial charge >= 0.3 is 5.63 Å². The van der Waals surface area contributed by atoms with Crippen LogP contribution in [0.15, 0.2) is 51.7 Å². The molecule has 4 heteroatoms. The second-order valence-electron chi connectivity index (χ2n) is 6.27. The van der Waals surface area contributed by atoms with Crippen LogP contribution in [0.2, 0.25) is 0 Å². The van der Waals surface area contributed by atoms with E-state index in [-0.39, 0.29) is 16.7 Å². The molecule has 0 N–H and O–H groups in total. The number of fused-ring (bicyclic) bond motifs is 1. The predicted molar refractivity (Wildman–Crippen MR) is 84.4 cm³/mol. The standard InChI is InChI=1S/C18H16FNO2/c1-18(2,3)12-9-7-11(8-10-12)16-20-14-6-4-5-13(19)15(14)17(21)22-16/h4-10H,1-3H3. The summed E-state index contributed by atoms with van der Waals surface area (Å²) in [6, 6.07) is 12.0. The molecule has 3 nitrogen and oxygen atoms in total. The van der Waals surface area contributed by atoms with Crippen molar-refractivity contribution in [1.82, 2.24) is 4.98 Å². The normalized spacial score (nSPS) is 11.8. The lowest BCUT2D eigenvalue weighted by Crippen LogP contribution is -2.10. The van der Waals surface area contributed by atoms with Crippen molar-refractivity contribution in [3.63, 3.8) is 0 Å². The van der Waals surface area contributed by atoms with Gasteiger partial charge in [0.05, 0.1) is 5.52 Å². The Morgan fingerprint density at radius 3 is 2.36 bits per heavy atom. The first-order chi connectivity index (χ1) is 10.4. The van der Waals surface area contributed by atoms with Crippen LogP contribution < -0.4 is 5.63 Å². The molecule has 0 aliphatic carbocycles. The molecule has 0 aliphatic heterocycles. The van der Waals surface area contributed by atoms with E-state index in [0.717, 1.165) is 0 Å².